The zero-order valence-electron chi connectivity index (χ0n) is 17.9. The van der Waals surface area contributed by atoms with Gasteiger partial charge in [-0.25, -0.2) is 0 Å². The predicted octanol–water partition coefficient (Wildman–Crippen LogP) is 3.59. The van der Waals surface area contributed by atoms with Crippen molar-refractivity contribution in [2.45, 2.75) is 31.0 Å². The van der Waals surface area contributed by atoms with Crippen LogP contribution in [0.4, 0.5) is 5.69 Å². The van der Waals surface area contributed by atoms with E-state index in [0.29, 0.717) is 17.2 Å². The number of carbonyl (C=O) groups is 3. The van der Waals surface area contributed by atoms with E-state index in [0.717, 1.165) is 24.1 Å². The Bertz CT molecular complexity index is 1170. The van der Waals surface area contributed by atoms with Gasteiger partial charge in [0.1, 0.15) is 6.04 Å². The predicted molar refractivity (Wildman–Crippen MR) is 124 cm³/mol. The van der Waals surface area contributed by atoms with E-state index >= 15 is 0 Å². The quantitative estimate of drug-likeness (QED) is 0.513. The topological polar surface area (TPSA) is 66.9 Å². The van der Waals surface area contributed by atoms with Crippen LogP contribution in [0.3, 0.4) is 0 Å². The maximum absolute atomic E-state index is 13.8. The number of benzene rings is 2. The summed E-state index contributed by atoms with van der Waals surface area (Å²) < 4.78 is 5.69. The number of hydrogen-bond donors (Lipinski definition) is 0. The molecule has 5 unspecified atom stereocenters. The lowest BCUT2D eigenvalue weighted by atomic mass is 9.86. The molecule has 3 saturated heterocycles. The second kappa shape index (κ2) is 7.82. The third-order valence-corrected chi connectivity index (χ3v) is 7.53. The van der Waals surface area contributed by atoms with Crippen molar-refractivity contribution in [3.63, 3.8) is 0 Å². The number of carbonyl (C=O) groups excluding carboxylic acids is 3. The van der Waals surface area contributed by atoms with E-state index in [4.69, 9.17) is 16.3 Å². The van der Waals surface area contributed by atoms with E-state index in [1.165, 1.54) is 4.90 Å². The number of nitrogens with zero attached hydrogens (tertiary/aromatic N) is 2. The summed E-state index contributed by atoms with van der Waals surface area (Å²) in [7, 11) is 0. The second-order valence-corrected chi connectivity index (χ2v) is 9.55. The Kier molecular flexibility index (Phi) is 4.89. The van der Waals surface area contributed by atoms with E-state index in [2.05, 4.69) is 0 Å². The maximum Gasteiger partial charge on any atom is 0.235 e. The average Bonchev–Trinajstić information content (AvgIpc) is 3.52. The number of Topliss-reactive ketones (excluding diaryl/α,β-unsaturated/α-hetero) is 1. The van der Waals surface area contributed by atoms with Gasteiger partial charge < -0.3 is 9.64 Å². The van der Waals surface area contributed by atoms with Crippen LogP contribution in [0.5, 0.6) is 0 Å². The number of imide groups is 1. The van der Waals surface area contributed by atoms with Crippen LogP contribution in [0.2, 0.25) is 5.02 Å². The minimum Gasteiger partial charge on any atom is -0.376 e. The number of ether oxygens (including phenoxy) is 1. The summed E-state index contributed by atoms with van der Waals surface area (Å²) in [4.78, 5) is 44.4. The van der Waals surface area contributed by atoms with Gasteiger partial charge in [-0.15, -0.1) is 0 Å². The lowest BCUT2D eigenvalue weighted by Gasteiger charge is -2.36. The molecule has 3 fully saturated rings. The summed E-state index contributed by atoms with van der Waals surface area (Å²) >= 11 is 6.21. The molecule has 0 N–H and O–H groups in total. The minimum absolute atomic E-state index is 0.124. The molecule has 4 aliphatic heterocycles. The standard InChI is InChI=1S/C26H23ClN2O4/c27-17-9-11-19-16(13-17)8-10-20-21-22(23(29(19)20)24(30)15-5-2-1-3-6-15)26(32)28(25(21)31)14-18-7-4-12-33-18/h1-3,5-6,8-11,13,18,20-23H,4,7,12,14H2. The van der Waals surface area contributed by atoms with Crippen LogP contribution >= 0.6 is 11.6 Å². The van der Waals surface area contributed by atoms with Gasteiger partial charge in [-0.2, -0.15) is 0 Å². The largest absolute Gasteiger partial charge is 0.376 e. The normalized spacial score (nSPS) is 29.9. The number of anilines is 1. The summed E-state index contributed by atoms with van der Waals surface area (Å²) in [5.74, 6) is -1.96. The third kappa shape index (κ3) is 3.15. The Balaban J connectivity index is 1.44. The lowest BCUT2D eigenvalue weighted by molar-refractivity contribution is -0.142. The molecule has 0 aromatic heterocycles. The number of amides is 2. The minimum atomic E-state index is -0.766. The molecule has 168 valence electrons. The van der Waals surface area contributed by atoms with Crippen molar-refractivity contribution >= 4 is 41.0 Å². The van der Waals surface area contributed by atoms with Gasteiger partial charge in [0.2, 0.25) is 11.8 Å². The van der Waals surface area contributed by atoms with Gasteiger partial charge >= 0.3 is 0 Å². The van der Waals surface area contributed by atoms with Crippen LogP contribution in [-0.4, -0.2) is 53.8 Å². The van der Waals surface area contributed by atoms with Gasteiger partial charge in [0, 0.05) is 22.9 Å². The Morgan fingerprint density at radius 3 is 2.61 bits per heavy atom. The van der Waals surface area contributed by atoms with Crippen LogP contribution in [0.25, 0.3) is 6.08 Å². The molecule has 2 aromatic rings. The number of fused-ring (bicyclic) bond motifs is 5. The molecule has 0 bridgehead atoms. The van der Waals surface area contributed by atoms with Gasteiger partial charge in [0.05, 0.1) is 30.5 Å². The number of hydrogen-bond acceptors (Lipinski definition) is 5. The van der Waals surface area contributed by atoms with Crippen LogP contribution < -0.4 is 4.90 Å². The van der Waals surface area contributed by atoms with Gasteiger partial charge in [-0.1, -0.05) is 54.1 Å². The van der Waals surface area contributed by atoms with E-state index in [-0.39, 0.29) is 36.3 Å². The Labute approximate surface area is 196 Å². The van der Waals surface area contributed by atoms with Crippen molar-refractivity contribution in [3.8, 4) is 0 Å². The number of halogens is 1. The zero-order chi connectivity index (χ0) is 22.7. The number of likely N-dealkylation sites (tertiary alicyclic amines) is 1. The molecular weight excluding hydrogens is 440 g/mol. The van der Waals surface area contributed by atoms with E-state index in [9.17, 15) is 14.4 Å². The first-order chi connectivity index (χ1) is 16.0. The monoisotopic (exact) mass is 462 g/mol. The highest BCUT2D eigenvalue weighted by molar-refractivity contribution is 6.30. The first-order valence-corrected chi connectivity index (χ1v) is 11.7. The third-order valence-electron chi connectivity index (χ3n) is 7.30. The SMILES string of the molecule is O=C(c1ccccc1)C1C2C(=O)N(CC3CCCO3)C(=O)C2C2C=Cc3cc(Cl)ccc3N21. The van der Waals surface area contributed by atoms with Crippen molar-refractivity contribution in [1.29, 1.82) is 0 Å². The van der Waals surface area contributed by atoms with Gasteiger partial charge in [-0.05, 0) is 36.6 Å². The van der Waals surface area contributed by atoms with Crippen molar-refractivity contribution in [3.05, 3.63) is 70.8 Å². The molecule has 0 radical (unpaired) electrons. The number of ketones is 1. The fraction of sp³-hybridized carbons (Fsp3) is 0.346. The molecule has 5 atom stereocenters. The fourth-order valence-corrected chi connectivity index (χ4v) is 6.03. The summed E-state index contributed by atoms with van der Waals surface area (Å²) in [5.41, 5.74) is 2.23. The molecule has 2 aromatic carbocycles. The van der Waals surface area contributed by atoms with Crippen LogP contribution in [0.15, 0.2) is 54.6 Å². The smallest absolute Gasteiger partial charge is 0.235 e. The molecule has 2 amide bonds. The first-order valence-electron chi connectivity index (χ1n) is 11.4. The fourth-order valence-electron chi connectivity index (χ4n) is 5.85. The van der Waals surface area contributed by atoms with Gasteiger partial charge in [0.15, 0.2) is 5.78 Å². The zero-order valence-corrected chi connectivity index (χ0v) is 18.6. The van der Waals surface area contributed by atoms with E-state index in [1.54, 1.807) is 18.2 Å². The van der Waals surface area contributed by atoms with E-state index < -0.39 is 17.9 Å². The summed E-state index contributed by atoms with van der Waals surface area (Å²) in [6.45, 7) is 0.918. The molecule has 0 saturated carbocycles. The van der Waals surface area contributed by atoms with E-state index in [1.807, 2.05) is 47.4 Å². The van der Waals surface area contributed by atoms with Crippen LogP contribution in [0, 0.1) is 11.8 Å². The van der Waals surface area contributed by atoms with Gasteiger partial charge in [0.25, 0.3) is 0 Å². The Morgan fingerprint density at radius 1 is 1.06 bits per heavy atom. The van der Waals surface area contributed by atoms with Gasteiger partial charge in [-0.3, -0.25) is 19.3 Å². The van der Waals surface area contributed by atoms with Crippen molar-refractivity contribution in [2.24, 2.45) is 11.8 Å². The van der Waals surface area contributed by atoms with Crippen molar-refractivity contribution < 1.29 is 19.1 Å². The summed E-state index contributed by atoms with van der Waals surface area (Å²) in [5, 5.41) is 0.595. The Hall–Kier alpha value is -2.96. The highest BCUT2D eigenvalue weighted by Crippen LogP contribution is 2.49. The molecule has 33 heavy (non-hydrogen) atoms. The molecule has 0 aliphatic carbocycles. The molecule has 0 spiro atoms. The summed E-state index contributed by atoms with van der Waals surface area (Å²) in [6, 6.07) is 13.4. The van der Waals surface area contributed by atoms with Crippen LogP contribution in [-0.2, 0) is 14.3 Å². The first kappa shape index (κ1) is 20.6. The molecule has 7 heteroatoms. The van der Waals surface area contributed by atoms with Crippen molar-refractivity contribution in [2.75, 3.05) is 18.1 Å². The Morgan fingerprint density at radius 2 is 1.85 bits per heavy atom. The molecular formula is C26H23ClN2O4. The molecule has 6 nitrogen and oxygen atoms in total. The van der Waals surface area contributed by atoms with Crippen LogP contribution in [0.1, 0.15) is 28.8 Å². The highest BCUT2D eigenvalue weighted by Gasteiger charge is 2.64. The van der Waals surface area contributed by atoms with Crippen molar-refractivity contribution in [1.82, 2.24) is 4.90 Å². The average molecular weight is 463 g/mol. The highest BCUT2D eigenvalue weighted by atomic mass is 35.5. The molecule has 4 heterocycles. The molecule has 4 aliphatic rings. The molecule has 6 rings (SSSR count). The maximum atomic E-state index is 13.8. The second-order valence-electron chi connectivity index (χ2n) is 9.11. The summed E-state index contributed by atoms with van der Waals surface area (Å²) in [6.07, 6.45) is 5.52. The number of rotatable bonds is 4. The lowest BCUT2D eigenvalue weighted by Crippen LogP contribution is -2.49.